The van der Waals surface area contributed by atoms with Crippen molar-refractivity contribution in [1.82, 2.24) is 19.7 Å². The number of aromatic amines is 1. The van der Waals surface area contributed by atoms with Gasteiger partial charge in [0.25, 0.3) is 0 Å². The van der Waals surface area contributed by atoms with E-state index < -0.39 is 0 Å². The van der Waals surface area contributed by atoms with Gasteiger partial charge in [-0.15, -0.1) is 5.10 Å². The fraction of sp³-hybridized carbons (Fsp3) is 0.312. The van der Waals surface area contributed by atoms with E-state index in [9.17, 15) is 4.79 Å². The van der Waals surface area contributed by atoms with Gasteiger partial charge in [-0.05, 0) is 25.8 Å². The normalized spacial score (nSPS) is 11.0. The number of hydrogen-bond donors (Lipinski definition) is 1. The Labute approximate surface area is 137 Å². The second kappa shape index (κ2) is 6.87. The lowest BCUT2D eigenvalue weighted by Gasteiger charge is -2.04. The van der Waals surface area contributed by atoms with E-state index in [1.807, 2.05) is 32.0 Å². The number of oxazole rings is 1. The Balaban J connectivity index is 1.67. The molecule has 0 spiro atoms. The van der Waals surface area contributed by atoms with Crippen LogP contribution in [-0.2, 0) is 18.7 Å². The summed E-state index contributed by atoms with van der Waals surface area (Å²) in [7, 11) is 0. The van der Waals surface area contributed by atoms with Crippen LogP contribution < -0.4 is 5.69 Å². The Morgan fingerprint density at radius 2 is 2.04 bits per heavy atom. The van der Waals surface area contributed by atoms with Crippen LogP contribution in [0.2, 0.25) is 0 Å². The van der Waals surface area contributed by atoms with Crippen LogP contribution in [0.3, 0.4) is 0 Å². The highest BCUT2D eigenvalue weighted by molar-refractivity contribution is 7.98. The number of hydrogen-bond acceptors (Lipinski definition) is 5. The van der Waals surface area contributed by atoms with Gasteiger partial charge in [0.2, 0.25) is 5.89 Å². The molecular formula is C16H18N4O2S. The summed E-state index contributed by atoms with van der Waals surface area (Å²) < 4.78 is 7.21. The second-order valence-corrected chi connectivity index (χ2v) is 6.18. The smallest absolute Gasteiger partial charge is 0.343 e. The lowest BCUT2D eigenvalue weighted by atomic mass is 10.1. The first-order valence-corrected chi connectivity index (χ1v) is 8.37. The third kappa shape index (κ3) is 3.73. The van der Waals surface area contributed by atoms with Crippen LogP contribution in [0.5, 0.6) is 0 Å². The Hall–Kier alpha value is -2.28. The van der Waals surface area contributed by atoms with Gasteiger partial charge in [0.05, 0.1) is 11.4 Å². The van der Waals surface area contributed by atoms with Gasteiger partial charge in [-0.3, -0.25) is 4.57 Å². The predicted octanol–water partition coefficient (Wildman–Crippen LogP) is 2.71. The summed E-state index contributed by atoms with van der Waals surface area (Å²) in [6.45, 7) is 4.39. The Bertz CT molecular complexity index is 816. The van der Waals surface area contributed by atoms with Crippen molar-refractivity contribution in [2.24, 2.45) is 0 Å². The molecule has 0 bridgehead atoms. The molecule has 0 aliphatic rings. The first-order chi connectivity index (χ1) is 11.1. The van der Waals surface area contributed by atoms with Crippen LogP contribution >= 0.6 is 11.8 Å². The molecule has 0 radical (unpaired) electrons. The van der Waals surface area contributed by atoms with E-state index in [0.29, 0.717) is 23.3 Å². The quantitative estimate of drug-likeness (QED) is 0.703. The third-order valence-corrected chi connectivity index (χ3v) is 4.55. The average Bonchev–Trinajstić information content (AvgIpc) is 3.07. The molecule has 3 rings (SSSR count). The molecule has 0 saturated heterocycles. The molecule has 0 atom stereocenters. The molecule has 0 unspecified atom stereocenters. The van der Waals surface area contributed by atoms with Gasteiger partial charge >= 0.3 is 5.69 Å². The summed E-state index contributed by atoms with van der Waals surface area (Å²) in [6, 6.07) is 10.1. The lowest BCUT2D eigenvalue weighted by Crippen LogP contribution is -2.18. The van der Waals surface area contributed by atoms with Crippen molar-refractivity contribution in [2.45, 2.75) is 37.7 Å². The maximum atomic E-state index is 11.9. The number of H-pyrrole nitrogens is 1. The maximum absolute atomic E-state index is 11.9. The molecule has 0 aliphatic carbocycles. The number of thioether (sulfide) groups is 1. The molecular weight excluding hydrogens is 312 g/mol. The molecule has 2 aromatic heterocycles. The first kappa shape index (κ1) is 15.6. The fourth-order valence-corrected chi connectivity index (χ4v) is 3.04. The Morgan fingerprint density at radius 1 is 1.26 bits per heavy atom. The number of aromatic nitrogens is 4. The van der Waals surface area contributed by atoms with Crippen molar-refractivity contribution in [3.05, 3.63) is 63.7 Å². The van der Waals surface area contributed by atoms with Crippen LogP contribution in [0.1, 0.15) is 22.9 Å². The van der Waals surface area contributed by atoms with Crippen molar-refractivity contribution < 1.29 is 4.42 Å². The SMILES string of the molecule is Cc1nc(CSc2n[nH]c(=O)n2CCc2ccccc2)oc1C. The zero-order chi connectivity index (χ0) is 16.2. The highest BCUT2D eigenvalue weighted by Crippen LogP contribution is 2.21. The fourth-order valence-electron chi connectivity index (χ4n) is 2.22. The molecule has 1 N–H and O–H groups in total. The van der Waals surface area contributed by atoms with Crippen LogP contribution in [0.15, 0.2) is 44.7 Å². The van der Waals surface area contributed by atoms with Crippen molar-refractivity contribution >= 4 is 11.8 Å². The van der Waals surface area contributed by atoms with Crippen molar-refractivity contribution in [3.63, 3.8) is 0 Å². The maximum Gasteiger partial charge on any atom is 0.343 e. The molecule has 1 aromatic carbocycles. The van der Waals surface area contributed by atoms with Crippen molar-refractivity contribution in [3.8, 4) is 0 Å². The molecule has 23 heavy (non-hydrogen) atoms. The van der Waals surface area contributed by atoms with Crippen molar-refractivity contribution in [1.29, 1.82) is 0 Å². The van der Waals surface area contributed by atoms with E-state index in [0.717, 1.165) is 17.9 Å². The summed E-state index contributed by atoms with van der Waals surface area (Å²) in [5, 5.41) is 7.26. The van der Waals surface area contributed by atoms with Gasteiger partial charge in [-0.2, -0.15) is 0 Å². The molecule has 0 fully saturated rings. The largest absolute Gasteiger partial charge is 0.445 e. The number of rotatable bonds is 6. The number of aryl methyl sites for hydroxylation is 3. The number of benzene rings is 1. The lowest BCUT2D eigenvalue weighted by molar-refractivity contribution is 0.489. The van der Waals surface area contributed by atoms with Crippen LogP contribution in [0.25, 0.3) is 0 Å². The monoisotopic (exact) mass is 330 g/mol. The average molecular weight is 330 g/mol. The van der Waals surface area contributed by atoms with Crippen LogP contribution in [0, 0.1) is 13.8 Å². The van der Waals surface area contributed by atoms with Crippen molar-refractivity contribution in [2.75, 3.05) is 0 Å². The third-order valence-electron chi connectivity index (χ3n) is 3.59. The number of nitrogens with one attached hydrogen (secondary N) is 1. The first-order valence-electron chi connectivity index (χ1n) is 7.38. The molecule has 120 valence electrons. The summed E-state index contributed by atoms with van der Waals surface area (Å²) in [6.07, 6.45) is 0.783. The van der Waals surface area contributed by atoms with Crippen LogP contribution in [0.4, 0.5) is 0 Å². The summed E-state index contributed by atoms with van der Waals surface area (Å²) >= 11 is 1.44. The van der Waals surface area contributed by atoms with Gasteiger partial charge in [0, 0.05) is 6.54 Å². The Kier molecular flexibility index (Phi) is 4.66. The minimum atomic E-state index is -0.191. The van der Waals surface area contributed by atoms with Gasteiger partial charge in [-0.25, -0.2) is 14.9 Å². The Morgan fingerprint density at radius 3 is 2.74 bits per heavy atom. The topological polar surface area (TPSA) is 76.7 Å². The van der Waals surface area contributed by atoms with E-state index in [1.54, 1.807) is 4.57 Å². The van der Waals surface area contributed by atoms with E-state index >= 15 is 0 Å². The molecule has 3 aromatic rings. The predicted molar refractivity (Wildman–Crippen MR) is 88.5 cm³/mol. The molecule has 6 nitrogen and oxygen atoms in total. The second-order valence-electron chi connectivity index (χ2n) is 5.24. The van der Waals surface area contributed by atoms with Gasteiger partial charge in [-0.1, -0.05) is 42.1 Å². The molecule has 7 heteroatoms. The zero-order valence-corrected chi connectivity index (χ0v) is 13.9. The minimum absolute atomic E-state index is 0.191. The van der Waals surface area contributed by atoms with E-state index in [-0.39, 0.29) is 5.69 Å². The van der Waals surface area contributed by atoms with E-state index in [4.69, 9.17) is 4.42 Å². The molecule has 0 amide bonds. The van der Waals surface area contributed by atoms with E-state index in [1.165, 1.54) is 17.3 Å². The molecule has 0 aliphatic heterocycles. The minimum Gasteiger partial charge on any atom is -0.445 e. The highest BCUT2D eigenvalue weighted by Gasteiger charge is 2.12. The summed E-state index contributed by atoms with van der Waals surface area (Å²) in [5.41, 5.74) is 1.89. The van der Waals surface area contributed by atoms with Crippen LogP contribution in [-0.4, -0.2) is 19.7 Å². The molecule has 0 saturated carbocycles. The molecule has 2 heterocycles. The van der Waals surface area contributed by atoms with E-state index in [2.05, 4.69) is 27.3 Å². The van der Waals surface area contributed by atoms with Gasteiger partial charge < -0.3 is 4.42 Å². The summed E-state index contributed by atoms with van der Waals surface area (Å²) in [5.74, 6) is 2.02. The zero-order valence-electron chi connectivity index (χ0n) is 13.1. The highest BCUT2D eigenvalue weighted by atomic mass is 32.2. The standard InChI is InChI=1S/C16H18N4O2S/c1-11-12(2)22-14(17-11)10-23-16-19-18-15(21)20(16)9-8-13-6-4-3-5-7-13/h3-7H,8-10H2,1-2H3,(H,18,21). The summed E-state index contributed by atoms with van der Waals surface area (Å²) in [4.78, 5) is 16.3. The van der Waals surface area contributed by atoms with Gasteiger partial charge in [0.15, 0.2) is 5.16 Å². The number of nitrogens with zero attached hydrogens (tertiary/aromatic N) is 3. The van der Waals surface area contributed by atoms with Gasteiger partial charge in [0.1, 0.15) is 5.76 Å².